The molecule has 4 heteroatoms. The van der Waals surface area contributed by atoms with Gasteiger partial charge in [0.15, 0.2) is 0 Å². The van der Waals surface area contributed by atoms with Crippen LogP contribution in [0.4, 0.5) is 5.69 Å². The Kier molecular flexibility index (Phi) is 2.76. The molecule has 21 heavy (non-hydrogen) atoms. The van der Waals surface area contributed by atoms with Crippen LogP contribution in [0.2, 0.25) is 5.02 Å². The molecular weight excluding hydrogens is 284 g/mol. The Bertz CT molecular complexity index is 853. The number of amides is 1. The first-order valence-electron chi connectivity index (χ1n) is 6.90. The summed E-state index contributed by atoms with van der Waals surface area (Å²) in [6, 6.07) is 15.5. The van der Waals surface area contributed by atoms with Gasteiger partial charge in [0, 0.05) is 28.2 Å². The number of H-pyrrole nitrogens is 1. The van der Waals surface area contributed by atoms with Gasteiger partial charge in [0.25, 0.3) is 5.91 Å². The lowest BCUT2D eigenvalue weighted by Crippen LogP contribution is -2.29. The smallest absolute Gasteiger partial charge is 0.274 e. The lowest BCUT2D eigenvalue weighted by Gasteiger charge is -2.16. The van der Waals surface area contributed by atoms with Crippen LogP contribution in [0.5, 0.6) is 0 Å². The Hall–Kier alpha value is -2.26. The van der Waals surface area contributed by atoms with Gasteiger partial charge in [-0.15, -0.1) is 0 Å². The summed E-state index contributed by atoms with van der Waals surface area (Å²) in [6.45, 7) is 0.730. The van der Waals surface area contributed by atoms with E-state index in [1.54, 1.807) is 0 Å². The molecule has 0 spiro atoms. The third-order valence-corrected chi connectivity index (χ3v) is 4.18. The Labute approximate surface area is 127 Å². The molecule has 1 aliphatic rings. The van der Waals surface area contributed by atoms with Crippen LogP contribution in [-0.4, -0.2) is 17.4 Å². The minimum absolute atomic E-state index is 0.00673. The molecule has 1 aliphatic heterocycles. The number of fused-ring (bicyclic) bond motifs is 2. The predicted molar refractivity (Wildman–Crippen MR) is 85.1 cm³/mol. The number of aromatic amines is 1. The zero-order valence-electron chi connectivity index (χ0n) is 11.3. The second-order valence-electron chi connectivity index (χ2n) is 5.25. The fourth-order valence-electron chi connectivity index (χ4n) is 2.91. The number of hydrogen-bond acceptors (Lipinski definition) is 1. The second-order valence-corrected chi connectivity index (χ2v) is 5.69. The highest BCUT2D eigenvalue weighted by atomic mass is 35.5. The molecule has 104 valence electrons. The normalized spacial score (nSPS) is 13.7. The zero-order chi connectivity index (χ0) is 14.4. The first kappa shape index (κ1) is 12.5. The lowest BCUT2D eigenvalue weighted by atomic mass is 10.2. The molecule has 4 rings (SSSR count). The number of aromatic nitrogens is 1. The number of carbonyl (C=O) groups is 1. The number of benzene rings is 2. The Morgan fingerprint density at radius 3 is 2.90 bits per heavy atom. The van der Waals surface area contributed by atoms with Crippen molar-refractivity contribution in [1.29, 1.82) is 0 Å². The van der Waals surface area contributed by atoms with E-state index in [2.05, 4.69) is 11.1 Å². The molecule has 0 radical (unpaired) electrons. The Balaban J connectivity index is 1.74. The fraction of sp³-hybridized carbons (Fsp3) is 0.118. The molecule has 0 bridgehead atoms. The maximum atomic E-state index is 12.7. The highest BCUT2D eigenvalue weighted by molar-refractivity contribution is 6.31. The molecule has 0 saturated carbocycles. The molecule has 0 saturated heterocycles. The molecule has 0 unspecified atom stereocenters. The molecule has 1 N–H and O–H groups in total. The third kappa shape index (κ3) is 2.01. The molecule has 1 amide bonds. The number of anilines is 1. The molecule has 3 nitrogen and oxygen atoms in total. The van der Waals surface area contributed by atoms with E-state index in [-0.39, 0.29) is 5.91 Å². The van der Waals surface area contributed by atoms with Crippen LogP contribution in [-0.2, 0) is 6.42 Å². The summed E-state index contributed by atoms with van der Waals surface area (Å²) in [5.74, 6) is 0.00673. The fourth-order valence-corrected chi connectivity index (χ4v) is 3.08. The van der Waals surface area contributed by atoms with E-state index in [4.69, 9.17) is 11.6 Å². The van der Waals surface area contributed by atoms with Gasteiger partial charge in [0.2, 0.25) is 0 Å². The van der Waals surface area contributed by atoms with E-state index in [0.717, 1.165) is 29.6 Å². The van der Waals surface area contributed by atoms with Gasteiger partial charge in [-0.1, -0.05) is 35.9 Å². The van der Waals surface area contributed by atoms with E-state index in [9.17, 15) is 4.79 Å². The maximum absolute atomic E-state index is 12.7. The number of halogens is 1. The summed E-state index contributed by atoms with van der Waals surface area (Å²) in [7, 11) is 0. The summed E-state index contributed by atoms with van der Waals surface area (Å²) in [6.07, 6.45) is 0.911. The summed E-state index contributed by atoms with van der Waals surface area (Å²) >= 11 is 5.99. The lowest BCUT2D eigenvalue weighted by molar-refractivity contribution is 0.0985. The quantitative estimate of drug-likeness (QED) is 0.723. The van der Waals surface area contributed by atoms with Crippen LogP contribution in [0, 0.1) is 0 Å². The number of nitrogens with one attached hydrogen (secondary N) is 1. The van der Waals surface area contributed by atoms with Gasteiger partial charge in [0.05, 0.1) is 0 Å². The molecule has 3 aromatic rings. The number of carbonyl (C=O) groups excluding carboxylic acids is 1. The topological polar surface area (TPSA) is 36.1 Å². The molecule has 1 aromatic heterocycles. The van der Waals surface area contributed by atoms with Crippen molar-refractivity contribution in [2.24, 2.45) is 0 Å². The monoisotopic (exact) mass is 296 g/mol. The van der Waals surface area contributed by atoms with Gasteiger partial charge >= 0.3 is 0 Å². The van der Waals surface area contributed by atoms with Crippen molar-refractivity contribution < 1.29 is 4.79 Å². The first-order chi connectivity index (χ1) is 10.2. The van der Waals surface area contributed by atoms with Gasteiger partial charge in [-0.2, -0.15) is 0 Å². The summed E-state index contributed by atoms with van der Waals surface area (Å²) < 4.78 is 0. The van der Waals surface area contributed by atoms with Crippen LogP contribution in [0.25, 0.3) is 10.9 Å². The summed E-state index contributed by atoms with van der Waals surface area (Å²) in [5.41, 5.74) is 3.73. The van der Waals surface area contributed by atoms with E-state index in [1.807, 2.05) is 47.4 Å². The van der Waals surface area contributed by atoms with Gasteiger partial charge in [-0.05, 0) is 36.2 Å². The average Bonchev–Trinajstić information content (AvgIpc) is 3.09. The average molecular weight is 297 g/mol. The van der Waals surface area contributed by atoms with Crippen molar-refractivity contribution >= 4 is 34.1 Å². The SMILES string of the molecule is O=C(c1cc2ccc(Cl)cc2[nH]1)N1CCc2ccccc21. The van der Waals surface area contributed by atoms with Crippen LogP contribution in [0.3, 0.4) is 0 Å². The van der Waals surface area contributed by atoms with Crippen molar-refractivity contribution in [2.45, 2.75) is 6.42 Å². The highest BCUT2D eigenvalue weighted by Crippen LogP contribution is 2.29. The van der Waals surface area contributed by atoms with Crippen molar-refractivity contribution in [3.8, 4) is 0 Å². The van der Waals surface area contributed by atoms with Crippen molar-refractivity contribution in [1.82, 2.24) is 4.98 Å². The number of para-hydroxylation sites is 1. The second kappa shape index (κ2) is 4.64. The molecule has 0 fully saturated rings. The number of hydrogen-bond donors (Lipinski definition) is 1. The van der Waals surface area contributed by atoms with Crippen LogP contribution >= 0.6 is 11.6 Å². The Morgan fingerprint density at radius 1 is 1.14 bits per heavy atom. The molecular formula is C17H13ClN2O. The minimum Gasteiger partial charge on any atom is -0.350 e. The van der Waals surface area contributed by atoms with Crippen LogP contribution in [0.15, 0.2) is 48.5 Å². The highest BCUT2D eigenvalue weighted by Gasteiger charge is 2.26. The number of nitrogens with zero attached hydrogens (tertiary/aromatic N) is 1. The van der Waals surface area contributed by atoms with E-state index in [0.29, 0.717) is 10.7 Å². The van der Waals surface area contributed by atoms with Crippen molar-refractivity contribution in [2.75, 3.05) is 11.4 Å². The van der Waals surface area contributed by atoms with E-state index >= 15 is 0 Å². The summed E-state index contributed by atoms with van der Waals surface area (Å²) in [5, 5.41) is 1.66. The van der Waals surface area contributed by atoms with Crippen molar-refractivity contribution in [3.63, 3.8) is 0 Å². The maximum Gasteiger partial charge on any atom is 0.274 e. The zero-order valence-corrected chi connectivity index (χ0v) is 12.0. The predicted octanol–water partition coefficient (Wildman–Crippen LogP) is 4.02. The van der Waals surface area contributed by atoms with Gasteiger partial charge < -0.3 is 9.88 Å². The Morgan fingerprint density at radius 2 is 2.00 bits per heavy atom. The molecule has 2 heterocycles. The van der Waals surface area contributed by atoms with E-state index < -0.39 is 0 Å². The standard InChI is InChI=1S/C17H13ClN2O/c18-13-6-5-12-9-15(19-14(12)10-13)17(21)20-8-7-11-3-1-2-4-16(11)20/h1-6,9-10,19H,7-8H2. The van der Waals surface area contributed by atoms with Crippen LogP contribution < -0.4 is 4.90 Å². The third-order valence-electron chi connectivity index (χ3n) is 3.95. The largest absolute Gasteiger partial charge is 0.350 e. The van der Waals surface area contributed by atoms with Crippen LogP contribution in [0.1, 0.15) is 16.1 Å². The van der Waals surface area contributed by atoms with Gasteiger partial charge in [-0.25, -0.2) is 0 Å². The van der Waals surface area contributed by atoms with Crippen molar-refractivity contribution in [3.05, 3.63) is 64.8 Å². The molecule has 0 atom stereocenters. The number of rotatable bonds is 1. The van der Waals surface area contributed by atoms with E-state index in [1.165, 1.54) is 5.56 Å². The minimum atomic E-state index is 0.00673. The first-order valence-corrected chi connectivity index (χ1v) is 7.28. The summed E-state index contributed by atoms with van der Waals surface area (Å²) in [4.78, 5) is 17.7. The van der Waals surface area contributed by atoms with Gasteiger partial charge in [-0.3, -0.25) is 4.79 Å². The molecule has 0 aliphatic carbocycles. The van der Waals surface area contributed by atoms with Gasteiger partial charge in [0.1, 0.15) is 5.69 Å². The molecule has 2 aromatic carbocycles.